The average Bonchev–Trinajstić information content (AvgIpc) is 2.41. The van der Waals surface area contributed by atoms with Gasteiger partial charge in [-0.15, -0.1) is 0 Å². The third kappa shape index (κ3) is 6.42. The van der Waals surface area contributed by atoms with E-state index in [9.17, 15) is 4.39 Å². The van der Waals surface area contributed by atoms with E-state index in [0.717, 1.165) is 5.56 Å². The Morgan fingerprint density at radius 3 is 2.52 bits per heavy atom. The van der Waals surface area contributed by atoms with Gasteiger partial charge in [-0.25, -0.2) is 4.39 Å². The van der Waals surface area contributed by atoms with Gasteiger partial charge in [0.2, 0.25) is 0 Å². The molecule has 5 heteroatoms. The van der Waals surface area contributed by atoms with Crippen LogP contribution in [0.25, 0.3) is 0 Å². The zero-order valence-electron chi connectivity index (χ0n) is 13.4. The zero-order valence-corrected chi connectivity index (χ0v) is 13.4. The van der Waals surface area contributed by atoms with E-state index in [1.807, 2.05) is 6.07 Å². The Hall–Kier alpha value is -1.17. The summed E-state index contributed by atoms with van der Waals surface area (Å²) >= 11 is 0. The first-order valence-corrected chi connectivity index (χ1v) is 7.25. The van der Waals surface area contributed by atoms with Crippen LogP contribution in [0.4, 0.5) is 10.1 Å². The summed E-state index contributed by atoms with van der Waals surface area (Å²) in [5.41, 5.74) is 1.40. The van der Waals surface area contributed by atoms with Crippen molar-refractivity contribution in [2.45, 2.75) is 32.9 Å². The lowest BCUT2D eigenvalue weighted by Gasteiger charge is -2.25. The van der Waals surface area contributed by atoms with Gasteiger partial charge < -0.3 is 20.1 Å². The summed E-state index contributed by atoms with van der Waals surface area (Å²) in [6, 6.07) is 5.22. The number of hydrogen-bond acceptors (Lipinski definition) is 4. The van der Waals surface area contributed by atoms with E-state index in [0.29, 0.717) is 31.9 Å². The smallest absolute Gasteiger partial charge is 0.146 e. The van der Waals surface area contributed by atoms with Gasteiger partial charge >= 0.3 is 0 Å². The second kappa shape index (κ2) is 8.32. The molecule has 0 spiro atoms. The van der Waals surface area contributed by atoms with E-state index >= 15 is 0 Å². The molecule has 0 amide bonds. The molecule has 0 aromatic heterocycles. The molecule has 4 nitrogen and oxygen atoms in total. The molecule has 0 atom stereocenters. The van der Waals surface area contributed by atoms with E-state index < -0.39 is 0 Å². The summed E-state index contributed by atoms with van der Waals surface area (Å²) in [6.45, 7) is 8.26. The SMILES string of the molecule is COCCN(CCO)c1ccc(CNC(C)(C)C)cc1F. The third-order valence-electron chi connectivity index (χ3n) is 3.11. The summed E-state index contributed by atoms with van der Waals surface area (Å²) in [5.74, 6) is -0.271. The minimum atomic E-state index is -0.271. The van der Waals surface area contributed by atoms with Crippen molar-refractivity contribution < 1.29 is 14.2 Å². The standard InChI is InChI=1S/C16H27FN2O2/c1-16(2,3)18-12-13-5-6-15(14(17)11-13)19(7-9-20)8-10-21-4/h5-6,11,18,20H,7-10,12H2,1-4H3. The molecule has 0 saturated heterocycles. The molecule has 0 fully saturated rings. The molecule has 2 N–H and O–H groups in total. The highest BCUT2D eigenvalue weighted by atomic mass is 19.1. The lowest BCUT2D eigenvalue weighted by molar-refractivity contribution is 0.202. The number of methoxy groups -OCH3 is 1. The fourth-order valence-corrected chi connectivity index (χ4v) is 1.96. The first kappa shape index (κ1) is 17.9. The molecule has 0 radical (unpaired) electrons. The van der Waals surface area contributed by atoms with Crippen LogP contribution in [0.15, 0.2) is 18.2 Å². The monoisotopic (exact) mass is 298 g/mol. The molecule has 21 heavy (non-hydrogen) atoms. The normalized spacial score (nSPS) is 11.7. The molecule has 0 aliphatic heterocycles. The number of anilines is 1. The number of aliphatic hydroxyl groups excluding tert-OH is 1. The van der Waals surface area contributed by atoms with Crippen LogP contribution in [0, 0.1) is 5.82 Å². The Bertz CT molecular complexity index is 433. The highest BCUT2D eigenvalue weighted by Crippen LogP contribution is 2.20. The van der Waals surface area contributed by atoms with E-state index in [4.69, 9.17) is 9.84 Å². The maximum Gasteiger partial charge on any atom is 0.146 e. The van der Waals surface area contributed by atoms with Crippen molar-refractivity contribution in [2.75, 3.05) is 38.3 Å². The molecule has 0 aliphatic rings. The maximum absolute atomic E-state index is 14.3. The molecule has 0 unspecified atom stereocenters. The summed E-state index contributed by atoms with van der Waals surface area (Å²) in [6.07, 6.45) is 0. The summed E-state index contributed by atoms with van der Waals surface area (Å²) in [7, 11) is 1.61. The predicted octanol–water partition coefficient (Wildman–Crippen LogP) is 2.16. The molecule has 1 rings (SSSR count). The first-order valence-electron chi connectivity index (χ1n) is 7.25. The van der Waals surface area contributed by atoms with E-state index in [1.54, 1.807) is 24.1 Å². The Balaban J connectivity index is 2.79. The highest BCUT2D eigenvalue weighted by Gasteiger charge is 2.13. The predicted molar refractivity (Wildman–Crippen MR) is 84.2 cm³/mol. The van der Waals surface area contributed by atoms with Gasteiger partial charge in [-0.2, -0.15) is 0 Å². The lowest BCUT2D eigenvalue weighted by Crippen LogP contribution is -2.35. The fraction of sp³-hybridized carbons (Fsp3) is 0.625. The Morgan fingerprint density at radius 2 is 2.00 bits per heavy atom. The van der Waals surface area contributed by atoms with Crippen molar-refractivity contribution in [1.82, 2.24) is 5.32 Å². The van der Waals surface area contributed by atoms with E-state index in [-0.39, 0.29) is 18.0 Å². The molecule has 0 bridgehead atoms. The second-order valence-corrected chi connectivity index (χ2v) is 6.09. The number of benzene rings is 1. The van der Waals surface area contributed by atoms with Gasteiger partial charge in [-0.05, 0) is 38.5 Å². The third-order valence-corrected chi connectivity index (χ3v) is 3.11. The molecule has 1 aromatic carbocycles. The highest BCUT2D eigenvalue weighted by molar-refractivity contribution is 5.49. The quantitative estimate of drug-likeness (QED) is 0.772. The molecular weight excluding hydrogens is 271 g/mol. The van der Waals surface area contributed by atoms with Gasteiger partial charge in [-0.1, -0.05) is 6.07 Å². The molecule has 120 valence electrons. The van der Waals surface area contributed by atoms with Gasteiger partial charge in [0.05, 0.1) is 18.9 Å². The zero-order chi connectivity index (χ0) is 15.9. The van der Waals surface area contributed by atoms with Crippen molar-refractivity contribution in [3.05, 3.63) is 29.6 Å². The number of rotatable bonds is 8. The van der Waals surface area contributed by atoms with Crippen molar-refractivity contribution in [3.8, 4) is 0 Å². The van der Waals surface area contributed by atoms with Gasteiger partial charge in [0.15, 0.2) is 0 Å². The number of aliphatic hydroxyl groups is 1. The van der Waals surface area contributed by atoms with Crippen molar-refractivity contribution in [2.24, 2.45) is 0 Å². The summed E-state index contributed by atoms with van der Waals surface area (Å²) in [5, 5.41) is 12.4. The van der Waals surface area contributed by atoms with Crippen LogP contribution in [0.2, 0.25) is 0 Å². The molecular formula is C16H27FN2O2. The molecule has 1 aromatic rings. The number of ether oxygens (including phenoxy) is 1. The maximum atomic E-state index is 14.3. The van der Waals surface area contributed by atoms with E-state index in [2.05, 4.69) is 26.1 Å². The number of nitrogens with zero attached hydrogens (tertiary/aromatic N) is 1. The molecule has 0 heterocycles. The van der Waals surface area contributed by atoms with Crippen molar-refractivity contribution >= 4 is 5.69 Å². The van der Waals surface area contributed by atoms with Crippen molar-refractivity contribution in [1.29, 1.82) is 0 Å². The van der Waals surface area contributed by atoms with Gasteiger partial charge in [0.25, 0.3) is 0 Å². The Morgan fingerprint density at radius 1 is 1.29 bits per heavy atom. The summed E-state index contributed by atoms with van der Waals surface area (Å²) in [4.78, 5) is 1.79. The van der Waals surface area contributed by atoms with Crippen LogP contribution in [-0.4, -0.2) is 44.1 Å². The summed E-state index contributed by atoms with van der Waals surface area (Å²) < 4.78 is 19.3. The fourth-order valence-electron chi connectivity index (χ4n) is 1.96. The number of nitrogens with one attached hydrogen (secondary N) is 1. The van der Waals surface area contributed by atoms with Crippen molar-refractivity contribution in [3.63, 3.8) is 0 Å². The van der Waals surface area contributed by atoms with Gasteiger partial charge in [0, 0.05) is 32.3 Å². The Labute approximate surface area is 126 Å². The minimum Gasteiger partial charge on any atom is -0.395 e. The van der Waals surface area contributed by atoms with Crippen LogP contribution >= 0.6 is 0 Å². The first-order chi connectivity index (χ1) is 9.87. The largest absolute Gasteiger partial charge is 0.395 e. The number of halogens is 1. The second-order valence-electron chi connectivity index (χ2n) is 6.09. The lowest BCUT2D eigenvalue weighted by atomic mass is 10.1. The van der Waals surface area contributed by atoms with Crippen LogP contribution in [0.1, 0.15) is 26.3 Å². The molecule has 0 saturated carbocycles. The minimum absolute atomic E-state index is 0.00344. The van der Waals surface area contributed by atoms with Gasteiger partial charge in [-0.3, -0.25) is 0 Å². The van der Waals surface area contributed by atoms with Gasteiger partial charge in [0.1, 0.15) is 5.82 Å². The van der Waals surface area contributed by atoms with E-state index in [1.165, 1.54) is 0 Å². The topological polar surface area (TPSA) is 44.7 Å². The molecule has 0 aliphatic carbocycles. The number of hydrogen-bond donors (Lipinski definition) is 2. The van der Waals surface area contributed by atoms with Crippen LogP contribution < -0.4 is 10.2 Å². The van der Waals surface area contributed by atoms with Crippen LogP contribution in [0.3, 0.4) is 0 Å². The van der Waals surface area contributed by atoms with Crippen LogP contribution in [0.5, 0.6) is 0 Å². The van der Waals surface area contributed by atoms with Crippen LogP contribution in [-0.2, 0) is 11.3 Å². The average molecular weight is 298 g/mol. The Kier molecular flexibility index (Phi) is 7.08.